The van der Waals surface area contributed by atoms with Crippen molar-refractivity contribution >= 4 is 0 Å². The normalized spacial score (nSPS) is 12.3. The van der Waals surface area contributed by atoms with E-state index < -0.39 is 0 Å². The lowest BCUT2D eigenvalue weighted by Gasteiger charge is -2.11. The molecule has 1 atom stereocenters. The van der Waals surface area contributed by atoms with E-state index in [0.29, 0.717) is 6.04 Å². The highest BCUT2D eigenvalue weighted by molar-refractivity contribution is 5.17. The van der Waals surface area contributed by atoms with Crippen molar-refractivity contribution in [1.82, 2.24) is 0 Å². The van der Waals surface area contributed by atoms with E-state index in [0.717, 1.165) is 6.42 Å². The van der Waals surface area contributed by atoms with E-state index in [1.165, 1.54) is 43.2 Å². The highest BCUT2D eigenvalue weighted by atomic mass is 15.0. The zero-order valence-electron chi connectivity index (χ0n) is 13.5. The molecule has 0 aliphatic heterocycles. The predicted molar refractivity (Wildman–Crippen MR) is 89.4 cm³/mol. The van der Waals surface area contributed by atoms with Gasteiger partial charge in [0.05, 0.1) is 0 Å². The number of hydrogen-bond acceptors (Lipinski definition) is 0. The number of aryl methyl sites for hydroxylation is 1. The minimum atomic E-state index is 0.446. The van der Waals surface area contributed by atoms with Gasteiger partial charge in [-0.2, -0.15) is 4.57 Å². The molecule has 1 heteroatoms. The third-order valence-electron chi connectivity index (χ3n) is 4.13. The van der Waals surface area contributed by atoms with Crippen LogP contribution in [0.4, 0.5) is 0 Å². The number of benzene rings is 1. The van der Waals surface area contributed by atoms with Crippen molar-refractivity contribution < 1.29 is 4.57 Å². The third-order valence-corrected chi connectivity index (χ3v) is 4.13. The molecule has 1 heterocycles. The van der Waals surface area contributed by atoms with Crippen LogP contribution in [-0.2, 0) is 6.42 Å². The molecule has 2 rings (SSSR count). The van der Waals surface area contributed by atoms with E-state index in [1.807, 2.05) is 0 Å². The van der Waals surface area contributed by atoms with Gasteiger partial charge in [-0.1, -0.05) is 63.4 Å². The Kier molecular flexibility index (Phi) is 6.46. The van der Waals surface area contributed by atoms with Crippen LogP contribution in [0.15, 0.2) is 54.9 Å². The monoisotopic (exact) mass is 282 g/mol. The maximum absolute atomic E-state index is 2.38. The summed E-state index contributed by atoms with van der Waals surface area (Å²) < 4.78 is 2.38. The minimum Gasteiger partial charge on any atom is -0.198 e. The molecule has 1 unspecified atom stereocenters. The summed E-state index contributed by atoms with van der Waals surface area (Å²) in [5.74, 6) is 0. The van der Waals surface area contributed by atoms with Gasteiger partial charge in [-0.15, -0.1) is 0 Å². The molecule has 1 aromatic heterocycles. The molecule has 0 amide bonds. The van der Waals surface area contributed by atoms with Crippen molar-refractivity contribution in [2.45, 2.75) is 58.4 Å². The first-order valence-electron chi connectivity index (χ1n) is 8.39. The topological polar surface area (TPSA) is 3.88 Å². The Morgan fingerprint density at radius 2 is 1.71 bits per heavy atom. The van der Waals surface area contributed by atoms with Crippen molar-refractivity contribution in [3.05, 3.63) is 66.0 Å². The van der Waals surface area contributed by atoms with Crippen molar-refractivity contribution in [3.63, 3.8) is 0 Å². The van der Waals surface area contributed by atoms with Crippen LogP contribution in [0.25, 0.3) is 0 Å². The van der Waals surface area contributed by atoms with E-state index in [1.54, 1.807) is 0 Å². The number of unbranched alkanes of at least 4 members (excludes halogenated alkanes) is 3. The number of nitrogens with zero attached hydrogens (tertiary/aromatic N) is 1. The largest absolute Gasteiger partial charge is 0.198 e. The van der Waals surface area contributed by atoms with E-state index in [9.17, 15) is 0 Å². The maximum Gasteiger partial charge on any atom is 0.183 e. The first-order chi connectivity index (χ1) is 10.3. The molecule has 0 fully saturated rings. The van der Waals surface area contributed by atoms with Crippen LogP contribution in [-0.4, -0.2) is 0 Å². The zero-order chi connectivity index (χ0) is 14.9. The quantitative estimate of drug-likeness (QED) is 0.468. The van der Waals surface area contributed by atoms with Gasteiger partial charge in [-0.05, 0) is 18.9 Å². The summed E-state index contributed by atoms with van der Waals surface area (Å²) in [6.07, 6.45) is 12.2. The number of rotatable bonds is 8. The Labute approximate surface area is 129 Å². The molecular formula is C20H28N+. The van der Waals surface area contributed by atoms with E-state index in [4.69, 9.17) is 0 Å². The van der Waals surface area contributed by atoms with Crippen LogP contribution in [0.1, 0.15) is 63.1 Å². The number of hydrogen-bond donors (Lipinski definition) is 0. The second-order valence-corrected chi connectivity index (χ2v) is 5.80. The molecule has 2 aromatic rings. The first kappa shape index (κ1) is 15.8. The van der Waals surface area contributed by atoms with Gasteiger partial charge in [-0.3, -0.25) is 0 Å². The van der Waals surface area contributed by atoms with Gasteiger partial charge < -0.3 is 0 Å². The summed E-state index contributed by atoms with van der Waals surface area (Å²) in [6, 6.07) is 15.7. The molecule has 0 aliphatic rings. The van der Waals surface area contributed by atoms with E-state index >= 15 is 0 Å². The van der Waals surface area contributed by atoms with Crippen molar-refractivity contribution in [3.8, 4) is 0 Å². The van der Waals surface area contributed by atoms with Crippen LogP contribution in [0.3, 0.4) is 0 Å². The Bertz CT molecular complexity index is 518. The van der Waals surface area contributed by atoms with E-state index in [2.05, 4.69) is 73.3 Å². The van der Waals surface area contributed by atoms with Crippen LogP contribution < -0.4 is 4.57 Å². The van der Waals surface area contributed by atoms with Crippen LogP contribution >= 0.6 is 0 Å². The molecule has 0 spiro atoms. The van der Waals surface area contributed by atoms with Gasteiger partial charge in [-0.25, -0.2) is 0 Å². The fourth-order valence-corrected chi connectivity index (χ4v) is 2.94. The van der Waals surface area contributed by atoms with Gasteiger partial charge in [0.25, 0.3) is 0 Å². The Balaban J connectivity index is 2.08. The van der Waals surface area contributed by atoms with Gasteiger partial charge in [0.2, 0.25) is 0 Å². The van der Waals surface area contributed by atoms with Crippen molar-refractivity contribution in [2.24, 2.45) is 0 Å². The lowest BCUT2D eigenvalue weighted by molar-refractivity contribution is -0.714. The summed E-state index contributed by atoms with van der Waals surface area (Å²) in [5.41, 5.74) is 2.86. The zero-order valence-corrected chi connectivity index (χ0v) is 13.5. The summed E-state index contributed by atoms with van der Waals surface area (Å²) in [5, 5.41) is 0. The predicted octanol–water partition coefficient (Wildman–Crippen LogP) is 5.10. The van der Waals surface area contributed by atoms with Crippen LogP contribution in [0.5, 0.6) is 0 Å². The molecule has 0 saturated carbocycles. The second kappa shape index (κ2) is 8.61. The standard InChI is InChI=1S/C20H28N/c1-3-5-6-8-12-18-13-11-16-21(17-18)20(4-2)19-14-9-7-10-15-19/h7,9-11,13-17,20H,3-6,8,12H2,1-2H3/q+1. The smallest absolute Gasteiger partial charge is 0.183 e. The van der Waals surface area contributed by atoms with Crippen LogP contribution in [0, 0.1) is 0 Å². The second-order valence-electron chi connectivity index (χ2n) is 5.80. The summed E-state index contributed by atoms with van der Waals surface area (Å²) in [6.45, 7) is 4.53. The van der Waals surface area contributed by atoms with Crippen molar-refractivity contribution in [1.29, 1.82) is 0 Å². The average molecular weight is 282 g/mol. The number of pyridine rings is 1. The Hall–Kier alpha value is -1.63. The molecule has 0 aliphatic carbocycles. The lowest BCUT2D eigenvalue weighted by Crippen LogP contribution is -2.39. The third kappa shape index (κ3) is 4.70. The SMILES string of the molecule is CCCCCCc1ccc[n+](C(CC)c2ccccc2)c1. The highest BCUT2D eigenvalue weighted by Gasteiger charge is 2.18. The fourth-order valence-electron chi connectivity index (χ4n) is 2.94. The Morgan fingerprint density at radius 3 is 2.43 bits per heavy atom. The molecule has 112 valence electrons. The van der Waals surface area contributed by atoms with E-state index in [-0.39, 0.29) is 0 Å². The average Bonchev–Trinajstić information content (AvgIpc) is 2.54. The first-order valence-corrected chi connectivity index (χ1v) is 8.39. The summed E-state index contributed by atoms with van der Waals surface area (Å²) in [4.78, 5) is 0. The maximum atomic E-state index is 2.38. The van der Waals surface area contributed by atoms with Gasteiger partial charge in [0.15, 0.2) is 18.4 Å². The Morgan fingerprint density at radius 1 is 0.905 bits per heavy atom. The highest BCUT2D eigenvalue weighted by Crippen LogP contribution is 2.16. The molecular weight excluding hydrogens is 254 g/mol. The molecule has 1 aromatic carbocycles. The molecule has 0 N–H and O–H groups in total. The van der Waals surface area contributed by atoms with Gasteiger partial charge in [0, 0.05) is 23.6 Å². The molecule has 0 radical (unpaired) electrons. The fraction of sp³-hybridized carbons (Fsp3) is 0.450. The van der Waals surface area contributed by atoms with Gasteiger partial charge >= 0.3 is 0 Å². The lowest BCUT2D eigenvalue weighted by atomic mass is 10.0. The van der Waals surface area contributed by atoms with Gasteiger partial charge in [0.1, 0.15) is 0 Å². The minimum absolute atomic E-state index is 0.446. The van der Waals surface area contributed by atoms with Crippen LogP contribution in [0.2, 0.25) is 0 Å². The molecule has 0 saturated heterocycles. The molecule has 0 bridgehead atoms. The molecule has 1 nitrogen and oxygen atoms in total. The summed E-state index contributed by atoms with van der Waals surface area (Å²) >= 11 is 0. The molecule has 21 heavy (non-hydrogen) atoms. The number of aromatic nitrogens is 1. The van der Waals surface area contributed by atoms with Crippen molar-refractivity contribution in [2.75, 3.05) is 0 Å². The summed E-state index contributed by atoms with van der Waals surface area (Å²) in [7, 11) is 0.